The minimum atomic E-state index is -0.188. The van der Waals surface area contributed by atoms with Crippen LogP contribution in [-0.2, 0) is 11.2 Å². The summed E-state index contributed by atoms with van der Waals surface area (Å²) in [5.41, 5.74) is 0.976. The van der Waals surface area contributed by atoms with Crippen molar-refractivity contribution in [2.75, 3.05) is 19.5 Å². The molecule has 1 aromatic rings. The fraction of sp³-hybridized carbons (Fsp3) is 0.364. The van der Waals surface area contributed by atoms with Gasteiger partial charge >= 0.3 is 0 Å². The fourth-order valence-electron chi connectivity index (χ4n) is 1.27. The summed E-state index contributed by atoms with van der Waals surface area (Å²) in [6.45, 7) is 0.513. The number of methoxy groups -OCH3 is 1. The highest BCUT2D eigenvalue weighted by Gasteiger charge is 2.03. The molecule has 1 amide bonds. The van der Waals surface area contributed by atoms with Crippen LogP contribution in [0.2, 0.25) is 0 Å². The normalized spacial score (nSPS) is 9.88. The van der Waals surface area contributed by atoms with E-state index in [9.17, 15) is 9.90 Å². The fourth-order valence-corrected chi connectivity index (χ4v) is 1.37. The number of aromatic hydroxyl groups is 1. The van der Waals surface area contributed by atoms with Crippen molar-refractivity contribution < 1.29 is 14.6 Å². The molecule has 5 heteroatoms. The lowest BCUT2D eigenvalue weighted by Gasteiger charge is -2.07. The van der Waals surface area contributed by atoms with Crippen molar-refractivity contribution in [3.63, 3.8) is 0 Å². The van der Waals surface area contributed by atoms with Crippen LogP contribution in [0.3, 0.4) is 0 Å². The quantitative estimate of drug-likeness (QED) is 0.767. The Kier molecular flexibility index (Phi) is 4.92. The van der Waals surface area contributed by atoms with Crippen LogP contribution < -0.4 is 10.1 Å². The highest BCUT2D eigenvalue weighted by atomic mass is 35.5. The number of hydrogen-bond donors (Lipinski definition) is 2. The Morgan fingerprint density at radius 1 is 1.56 bits per heavy atom. The third kappa shape index (κ3) is 3.62. The zero-order chi connectivity index (χ0) is 12.0. The van der Waals surface area contributed by atoms with E-state index in [4.69, 9.17) is 16.3 Å². The minimum absolute atomic E-state index is 0.0289. The second-order valence-electron chi connectivity index (χ2n) is 3.24. The average Bonchev–Trinajstić information content (AvgIpc) is 2.31. The predicted molar refractivity (Wildman–Crippen MR) is 62.1 cm³/mol. The lowest BCUT2D eigenvalue weighted by molar-refractivity contribution is -0.118. The molecule has 2 N–H and O–H groups in total. The molecule has 1 aromatic carbocycles. The number of halogens is 1. The molecule has 0 fully saturated rings. The van der Waals surface area contributed by atoms with E-state index in [2.05, 4.69) is 5.32 Å². The van der Waals surface area contributed by atoms with Gasteiger partial charge in [-0.25, -0.2) is 0 Å². The molecule has 0 aliphatic carbocycles. The highest BCUT2D eigenvalue weighted by molar-refractivity contribution is 6.27. The summed E-state index contributed by atoms with van der Waals surface area (Å²) in [7, 11) is 1.49. The summed E-state index contributed by atoms with van der Waals surface area (Å²) in [5.74, 6) is 0.323. The number of phenols is 1. The molecular weight excluding hydrogens is 230 g/mol. The predicted octanol–water partition coefficient (Wildman–Crippen LogP) is 1.30. The Labute approximate surface area is 99.2 Å². The van der Waals surface area contributed by atoms with Crippen molar-refractivity contribution in [2.45, 2.75) is 6.42 Å². The third-order valence-corrected chi connectivity index (χ3v) is 2.34. The van der Waals surface area contributed by atoms with Gasteiger partial charge in [0.2, 0.25) is 5.91 Å². The van der Waals surface area contributed by atoms with Crippen LogP contribution in [0.15, 0.2) is 18.2 Å². The molecule has 0 saturated carbocycles. The van der Waals surface area contributed by atoms with Crippen LogP contribution in [0, 0.1) is 0 Å². The number of hydrogen-bond acceptors (Lipinski definition) is 3. The molecule has 0 heterocycles. The van der Waals surface area contributed by atoms with Gasteiger partial charge in [-0.3, -0.25) is 4.79 Å². The lowest BCUT2D eigenvalue weighted by Crippen LogP contribution is -2.26. The van der Waals surface area contributed by atoms with Gasteiger partial charge in [0.25, 0.3) is 0 Å². The van der Waals surface area contributed by atoms with E-state index in [0.717, 1.165) is 5.56 Å². The van der Waals surface area contributed by atoms with Crippen LogP contribution >= 0.6 is 11.6 Å². The van der Waals surface area contributed by atoms with E-state index in [1.165, 1.54) is 7.11 Å². The second-order valence-corrected chi connectivity index (χ2v) is 3.51. The monoisotopic (exact) mass is 243 g/mol. The van der Waals surface area contributed by atoms with Gasteiger partial charge in [0.15, 0.2) is 11.5 Å². The number of benzene rings is 1. The maximum absolute atomic E-state index is 10.9. The van der Waals surface area contributed by atoms with Crippen LogP contribution in [0.5, 0.6) is 11.5 Å². The molecule has 16 heavy (non-hydrogen) atoms. The van der Waals surface area contributed by atoms with Crippen molar-refractivity contribution in [1.82, 2.24) is 5.32 Å². The molecule has 0 aliphatic heterocycles. The number of phenolic OH excluding ortho intramolecular Hbond substituents is 1. The van der Waals surface area contributed by atoms with E-state index in [0.29, 0.717) is 18.7 Å². The van der Waals surface area contributed by atoms with Gasteiger partial charge in [-0.1, -0.05) is 6.07 Å². The number of carbonyl (C=O) groups is 1. The van der Waals surface area contributed by atoms with Crippen LogP contribution in [-0.4, -0.2) is 30.5 Å². The second kappa shape index (κ2) is 6.23. The molecule has 0 unspecified atom stereocenters. The van der Waals surface area contributed by atoms with Gasteiger partial charge in [-0.2, -0.15) is 0 Å². The third-order valence-electron chi connectivity index (χ3n) is 2.10. The molecule has 0 radical (unpaired) electrons. The number of alkyl halides is 1. The van der Waals surface area contributed by atoms with Crippen LogP contribution in [0.4, 0.5) is 0 Å². The van der Waals surface area contributed by atoms with E-state index in [1.54, 1.807) is 18.2 Å². The van der Waals surface area contributed by atoms with Crippen LogP contribution in [0.1, 0.15) is 5.56 Å². The summed E-state index contributed by atoms with van der Waals surface area (Å²) >= 11 is 5.34. The van der Waals surface area contributed by atoms with E-state index in [-0.39, 0.29) is 17.5 Å². The van der Waals surface area contributed by atoms with Crippen molar-refractivity contribution >= 4 is 17.5 Å². The van der Waals surface area contributed by atoms with Gasteiger partial charge in [0.05, 0.1) is 7.11 Å². The van der Waals surface area contributed by atoms with Gasteiger partial charge in [-0.15, -0.1) is 11.6 Å². The number of nitrogens with one attached hydrogen (secondary N) is 1. The smallest absolute Gasteiger partial charge is 0.234 e. The summed E-state index contributed by atoms with van der Waals surface area (Å²) in [6, 6.07) is 5.09. The highest BCUT2D eigenvalue weighted by Crippen LogP contribution is 2.26. The largest absolute Gasteiger partial charge is 0.504 e. The first-order valence-electron chi connectivity index (χ1n) is 4.86. The maximum atomic E-state index is 10.9. The molecule has 0 spiro atoms. The number of carbonyl (C=O) groups excluding carboxylic acids is 1. The Morgan fingerprint density at radius 3 is 2.94 bits per heavy atom. The average molecular weight is 244 g/mol. The summed E-state index contributed by atoms with van der Waals surface area (Å²) in [4.78, 5) is 10.9. The molecule has 88 valence electrons. The molecule has 0 saturated heterocycles. The first-order chi connectivity index (χ1) is 7.67. The van der Waals surface area contributed by atoms with Crippen molar-refractivity contribution in [1.29, 1.82) is 0 Å². The zero-order valence-corrected chi connectivity index (χ0v) is 9.75. The van der Waals surface area contributed by atoms with Crippen molar-refractivity contribution in [3.8, 4) is 11.5 Å². The van der Waals surface area contributed by atoms with Crippen molar-refractivity contribution in [3.05, 3.63) is 23.8 Å². The standard InChI is InChI=1S/C11H14ClNO3/c1-16-10-6-8(2-3-9(10)14)4-5-13-11(15)7-12/h2-3,6,14H,4-5,7H2,1H3,(H,13,15). The van der Waals surface area contributed by atoms with E-state index in [1.807, 2.05) is 0 Å². The summed E-state index contributed by atoms with van der Waals surface area (Å²) < 4.78 is 4.98. The zero-order valence-electron chi connectivity index (χ0n) is 9.00. The summed E-state index contributed by atoms with van der Waals surface area (Å²) in [6.07, 6.45) is 0.666. The van der Waals surface area contributed by atoms with Gasteiger partial charge in [0, 0.05) is 6.54 Å². The van der Waals surface area contributed by atoms with E-state index < -0.39 is 0 Å². The van der Waals surface area contributed by atoms with Crippen LogP contribution in [0.25, 0.3) is 0 Å². The lowest BCUT2D eigenvalue weighted by atomic mass is 10.1. The first-order valence-corrected chi connectivity index (χ1v) is 5.39. The molecule has 0 atom stereocenters. The Hall–Kier alpha value is -1.42. The Balaban J connectivity index is 2.51. The molecule has 1 rings (SSSR count). The molecule has 4 nitrogen and oxygen atoms in total. The molecule has 0 aromatic heterocycles. The number of ether oxygens (including phenoxy) is 1. The van der Waals surface area contributed by atoms with Gasteiger partial charge < -0.3 is 15.2 Å². The maximum Gasteiger partial charge on any atom is 0.234 e. The van der Waals surface area contributed by atoms with Gasteiger partial charge in [0.1, 0.15) is 5.88 Å². The Morgan fingerprint density at radius 2 is 2.31 bits per heavy atom. The summed E-state index contributed by atoms with van der Waals surface area (Å²) in [5, 5.41) is 12.0. The SMILES string of the molecule is COc1cc(CCNC(=O)CCl)ccc1O. The topological polar surface area (TPSA) is 58.6 Å². The molecular formula is C11H14ClNO3. The first kappa shape index (κ1) is 12.6. The number of amides is 1. The molecule has 0 aliphatic rings. The van der Waals surface area contributed by atoms with Gasteiger partial charge in [-0.05, 0) is 24.1 Å². The van der Waals surface area contributed by atoms with E-state index >= 15 is 0 Å². The number of rotatable bonds is 5. The molecule has 0 bridgehead atoms. The van der Waals surface area contributed by atoms with Crippen molar-refractivity contribution in [2.24, 2.45) is 0 Å². The Bertz CT molecular complexity index is 368. The minimum Gasteiger partial charge on any atom is -0.504 e.